The summed E-state index contributed by atoms with van der Waals surface area (Å²) in [6, 6.07) is 3.16. The predicted molar refractivity (Wildman–Crippen MR) is 41.2 cm³/mol. The minimum atomic E-state index is -1.16. The summed E-state index contributed by atoms with van der Waals surface area (Å²) in [5.41, 5.74) is 0.180. The van der Waals surface area contributed by atoms with Crippen molar-refractivity contribution in [3.8, 4) is 0 Å². The van der Waals surface area contributed by atoms with Crippen LogP contribution in [-0.2, 0) is 6.54 Å². The SMILES string of the molecule is C=CC[n+]1cccc(C(=O)[O-])c1. The van der Waals surface area contributed by atoms with E-state index in [1.807, 2.05) is 0 Å². The van der Waals surface area contributed by atoms with Crippen LogP contribution in [0, 0.1) is 0 Å². The van der Waals surface area contributed by atoms with Gasteiger partial charge < -0.3 is 9.90 Å². The summed E-state index contributed by atoms with van der Waals surface area (Å²) in [6.45, 7) is 4.14. The quantitative estimate of drug-likeness (QED) is 0.446. The van der Waals surface area contributed by atoms with Crippen LogP contribution in [0.15, 0.2) is 37.2 Å². The van der Waals surface area contributed by atoms with Crippen LogP contribution < -0.4 is 9.67 Å². The highest BCUT2D eigenvalue weighted by molar-refractivity contribution is 5.84. The Labute approximate surface area is 70.6 Å². The first-order chi connectivity index (χ1) is 5.74. The maximum Gasteiger partial charge on any atom is 0.178 e. The van der Waals surface area contributed by atoms with Crippen LogP contribution in [-0.4, -0.2) is 5.97 Å². The van der Waals surface area contributed by atoms with Gasteiger partial charge in [0.1, 0.15) is 0 Å². The van der Waals surface area contributed by atoms with Crippen molar-refractivity contribution in [2.24, 2.45) is 0 Å². The van der Waals surface area contributed by atoms with Crippen molar-refractivity contribution in [1.82, 2.24) is 0 Å². The molecule has 0 aliphatic rings. The second-order valence-corrected chi connectivity index (χ2v) is 2.37. The van der Waals surface area contributed by atoms with Crippen molar-refractivity contribution in [3.05, 3.63) is 42.7 Å². The van der Waals surface area contributed by atoms with Gasteiger partial charge in [0.15, 0.2) is 18.9 Å². The van der Waals surface area contributed by atoms with Gasteiger partial charge in [0.05, 0.1) is 11.5 Å². The summed E-state index contributed by atoms with van der Waals surface area (Å²) in [4.78, 5) is 10.4. The summed E-state index contributed by atoms with van der Waals surface area (Å²) < 4.78 is 1.72. The third kappa shape index (κ3) is 1.92. The van der Waals surface area contributed by atoms with Crippen molar-refractivity contribution in [2.45, 2.75) is 6.54 Å². The highest BCUT2D eigenvalue weighted by atomic mass is 16.4. The normalized spacial score (nSPS) is 9.33. The van der Waals surface area contributed by atoms with Crippen molar-refractivity contribution < 1.29 is 14.5 Å². The molecular weight excluding hydrogens is 154 g/mol. The molecule has 12 heavy (non-hydrogen) atoms. The van der Waals surface area contributed by atoms with E-state index in [4.69, 9.17) is 0 Å². The molecule has 0 N–H and O–H groups in total. The van der Waals surface area contributed by atoms with Crippen LogP contribution in [0.2, 0.25) is 0 Å². The molecule has 1 rings (SSSR count). The number of aromatic carboxylic acids is 1. The number of allylic oxidation sites excluding steroid dienone is 1. The monoisotopic (exact) mass is 163 g/mol. The molecule has 0 atom stereocenters. The molecule has 0 aliphatic carbocycles. The summed E-state index contributed by atoms with van der Waals surface area (Å²) in [5.74, 6) is -1.16. The smallest absolute Gasteiger partial charge is 0.178 e. The Kier molecular flexibility index (Phi) is 2.58. The summed E-state index contributed by atoms with van der Waals surface area (Å²) in [5, 5.41) is 10.4. The maximum atomic E-state index is 10.4. The Balaban J connectivity index is 2.95. The molecule has 0 saturated heterocycles. The fourth-order valence-electron chi connectivity index (χ4n) is 0.905. The van der Waals surface area contributed by atoms with E-state index in [2.05, 4.69) is 6.58 Å². The standard InChI is InChI=1S/C9H9NO2/c1-2-5-10-6-3-4-8(7-10)9(11)12/h2-4,6-7H,1,5H2. The van der Waals surface area contributed by atoms with Gasteiger partial charge in [0.25, 0.3) is 0 Å². The number of hydrogen-bond acceptors (Lipinski definition) is 2. The van der Waals surface area contributed by atoms with Crippen LogP contribution in [0.5, 0.6) is 0 Å². The van der Waals surface area contributed by atoms with E-state index in [-0.39, 0.29) is 5.56 Å². The molecular formula is C9H9NO2. The number of rotatable bonds is 3. The van der Waals surface area contributed by atoms with Gasteiger partial charge in [0, 0.05) is 6.07 Å². The maximum absolute atomic E-state index is 10.4. The van der Waals surface area contributed by atoms with E-state index in [1.165, 1.54) is 12.3 Å². The summed E-state index contributed by atoms with van der Waals surface area (Å²) in [6.07, 6.45) is 4.98. The lowest BCUT2D eigenvalue weighted by molar-refractivity contribution is -0.687. The topological polar surface area (TPSA) is 44.0 Å². The molecule has 0 bridgehead atoms. The molecule has 3 nitrogen and oxygen atoms in total. The van der Waals surface area contributed by atoms with Crippen LogP contribution in [0.4, 0.5) is 0 Å². The second kappa shape index (κ2) is 3.67. The number of carbonyl (C=O) groups excluding carboxylic acids is 1. The Morgan fingerprint density at radius 2 is 2.50 bits per heavy atom. The van der Waals surface area contributed by atoms with Crippen molar-refractivity contribution in [2.75, 3.05) is 0 Å². The van der Waals surface area contributed by atoms with E-state index in [0.717, 1.165) is 0 Å². The largest absolute Gasteiger partial charge is 0.545 e. The molecule has 0 unspecified atom stereocenters. The average molecular weight is 163 g/mol. The molecule has 0 aromatic carbocycles. The number of carbonyl (C=O) groups is 1. The molecule has 0 radical (unpaired) electrons. The van der Waals surface area contributed by atoms with Crippen LogP contribution in [0.1, 0.15) is 10.4 Å². The predicted octanol–water partition coefficient (Wildman–Crippen LogP) is -0.476. The fourth-order valence-corrected chi connectivity index (χ4v) is 0.905. The number of carboxylic acid groups (broad SMARTS) is 1. The molecule has 62 valence electrons. The van der Waals surface area contributed by atoms with Gasteiger partial charge in [-0.3, -0.25) is 0 Å². The minimum absolute atomic E-state index is 0.180. The Hall–Kier alpha value is -1.64. The highest BCUT2D eigenvalue weighted by Gasteiger charge is 1.99. The average Bonchev–Trinajstić information content (AvgIpc) is 2.05. The molecule has 1 aromatic heterocycles. The molecule has 0 amide bonds. The fraction of sp³-hybridized carbons (Fsp3) is 0.111. The van der Waals surface area contributed by atoms with E-state index in [0.29, 0.717) is 6.54 Å². The number of carboxylic acids is 1. The second-order valence-electron chi connectivity index (χ2n) is 2.37. The van der Waals surface area contributed by atoms with Crippen LogP contribution in [0.25, 0.3) is 0 Å². The first kappa shape index (κ1) is 8.46. The molecule has 0 saturated carbocycles. The number of aromatic nitrogens is 1. The van der Waals surface area contributed by atoms with Crippen molar-refractivity contribution in [3.63, 3.8) is 0 Å². The zero-order valence-electron chi connectivity index (χ0n) is 6.56. The van der Waals surface area contributed by atoms with Gasteiger partial charge in [-0.05, 0) is 12.1 Å². The Morgan fingerprint density at radius 3 is 3.08 bits per heavy atom. The number of hydrogen-bond donors (Lipinski definition) is 0. The molecule has 1 heterocycles. The summed E-state index contributed by atoms with van der Waals surface area (Å²) in [7, 11) is 0. The minimum Gasteiger partial charge on any atom is -0.545 e. The van der Waals surface area contributed by atoms with Gasteiger partial charge in [0.2, 0.25) is 0 Å². The third-order valence-electron chi connectivity index (χ3n) is 1.43. The van der Waals surface area contributed by atoms with Crippen molar-refractivity contribution >= 4 is 5.97 Å². The van der Waals surface area contributed by atoms with Crippen molar-refractivity contribution in [1.29, 1.82) is 0 Å². The van der Waals surface area contributed by atoms with Crippen LogP contribution >= 0.6 is 0 Å². The lowest BCUT2D eigenvalue weighted by atomic mass is 10.3. The van der Waals surface area contributed by atoms with E-state index >= 15 is 0 Å². The lowest BCUT2D eigenvalue weighted by Gasteiger charge is -1.98. The third-order valence-corrected chi connectivity index (χ3v) is 1.43. The first-order valence-corrected chi connectivity index (χ1v) is 3.55. The molecule has 0 aliphatic heterocycles. The lowest BCUT2D eigenvalue weighted by Crippen LogP contribution is -2.34. The molecule has 0 fully saturated rings. The number of nitrogens with zero attached hydrogens (tertiary/aromatic N) is 1. The van der Waals surface area contributed by atoms with E-state index in [9.17, 15) is 9.90 Å². The van der Waals surface area contributed by atoms with Crippen LogP contribution in [0.3, 0.4) is 0 Å². The first-order valence-electron chi connectivity index (χ1n) is 3.55. The molecule has 1 aromatic rings. The van der Waals surface area contributed by atoms with Gasteiger partial charge in [-0.1, -0.05) is 6.58 Å². The van der Waals surface area contributed by atoms with Gasteiger partial charge in [-0.25, -0.2) is 4.57 Å². The zero-order chi connectivity index (χ0) is 8.97. The van der Waals surface area contributed by atoms with E-state index < -0.39 is 5.97 Å². The zero-order valence-corrected chi connectivity index (χ0v) is 6.56. The summed E-state index contributed by atoms with van der Waals surface area (Å²) >= 11 is 0. The van der Waals surface area contributed by atoms with E-state index in [1.54, 1.807) is 22.9 Å². The highest BCUT2D eigenvalue weighted by Crippen LogP contribution is 1.91. The Morgan fingerprint density at radius 1 is 1.75 bits per heavy atom. The molecule has 3 heteroatoms. The van der Waals surface area contributed by atoms with Gasteiger partial charge in [-0.15, -0.1) is 0 Å². The Bertz CT molecular complexity index is 307. The number of pyridine rings is 1. The van der Waals surface area contributed by atoms with Gasteiger partial charge >= 0.3 is 0 Å². The molecule has 0 spiro atoms. The van der Waals surface area contributed by atoms with Gasteiger partial charge in [-0.2, -0.15) is 0 Å².